The van der Waals surface area contributed by atoms with Crippen molar-refractivity contribution in [1.29, 1.82) is 0 Å². The van der Waals surface area contributed by atoms with Crippen LogP contribution in [-0.2, 0) is 0 Å². The lowest BCUT2D eigenvalue weighted by molar-refractivity contribution is 0.223. The van der Waals surface area contributed by atoms with Gasteiger partial charge in [0.2, 0.25) is 0 Å². The van der Waals surface area contributed by atoms with E-state index in [1.807, 2.05) is 6.07 Å². The van der Waals surface area contributed by atoms with Gasteiger partial charge in [0, 0.05) is 44.5 Å². The molecule has 1 aromatic carbocycles. The Bertz CT molecular complexity index is 387. The Hall–Kier alpha value is -1.26. The molecule has 0 bridgehead atoms. The largest absolute Gasteiger partial charge is 0.492 e. The smallest absolute Gasteiger partial charge is 0.121 e. The monoisotopic (exact) mass is 277 g/mol. The molecule has 4 nitrogen and oxygen atoms in total. The van der Waals surface area contributed by atoms with Crippen molar-refractivity contribution >= 4 is 5.69 Å². The Morgan fingerprint density at radius 1 is 1.20 bits per heavy atom. The van der Waals surface area contributed by atoms with Gasteiger partial charge in [0.05, 0.1) is 0 Å². The zero-order chi connectivity index (χ0) is 14.2. The highest BCUT2D eigenvalue weighted by atomic mass is 16.5. The second-order valence-electron chi connectivity index (χ2n) is 5.11. The third-order valence-corrected chi connectivity index (χ3v) is 3.87. The first-order valence-corrected chi connectivity index (χ1v) is 7.74. The molecule has 1 fully saturated rings. The number of hydrogen-bond acceptors (Lipinski definition) is 4. The van der Waals surface area contributed by atoms with E-state index in [1.54, 1.807) is 0 Å². The molecule has 0 amide bonds. The minimum absolute atomic E-state index is 0.757. The van der Waals surface area contributed by atoms with Crippen LogP contribution in [0.4, 0.5) is 5.69 Å². The summed E-state index contributed by atoms with van der Waals surface area (Å²) in [5.74, 6) is 0.980. The molecule has 0 radical (unpaired) electrons. The fourth-order valence-electron chi connectivity index (χ4n) is 2.53. The fraction of sp³-hybridized carbons (Fsp3) is 0.625. The lowest BCUT2D eigenvalue weighted by atomic mass is 10.2. The van der Waals surface area contributed by atoms with Gasteiger partial charge in [0.1, 0.15) is 12.4 Å². The zero-order valence-electron chi connectivity index (χ0n) is 12.8. The molecule has 4 heteroatoms. The molecule has 0 aromatic heterocycles. The van der Waals surface area contributed by atoms with Gasteiger partial charge in [-0.25, -0.2) is 0 Å². The SMILES string of the molecule is CCN(CC)CCOc1cccc(N2CCNCC2)c1. The first-order chi connectivity index (χ1) is 9.83. The Morgan fingerprint density at radius 3 is 2.65 bits per heavy atom. The predicted molar refractivity (Wildman–Crippen MR) is 84.8 cm³/mol. The molecular formula is C16H27N3O. The molecule has 112 valence electrons. The van der Waals surface area contributed by atoms with Crippen LogP contribution in [-0.4, -0.2) is 57.3 Å². The van der Waals surface area contributed by atoms with E-state index >= 15 is 0 Å². The van der Waals surface area contributed by atoms with Crippen molar-refractivity contribution in [3.63, 3.8) is 0 Å². The van der Waals surface area contributed by atoms with Crippen molar-refractivity contribution in [2.24, 2.45) is 0 Å². The third kappa shape index (κ3) is 4.39. The number of likely N-dealkylation sites (N-methyl/N-ethyl adjacent to an activating group) is 1. The Morgan fingerprint density at radius 2 is 1.95 bits per heavy atom. The van der Waals surface area contributed by atoms with Crippen molar-refractivity contribution in [1.82, 2.24) is 10.2 Å². The summed E-state index contributed by atoms with van der Waals surface area (Å²) in [6.45, 7) is 12.6. The lowest BCUT2D eigenvalue weighted by Gasteiger charge is -2.29. The van der Waals surface area contributed by atoms with Crippen LogP contribution in [0.25, 0.3) is 0 Å². The summed E-state index contributed by atoms with van der Waals surface area (Å²) >= 11 is 0. The van der Waals surface area contributed by atoms with E-state index in [1.165, 1.54) is 5.69 Å². The van der Waals surface area contributed by atoms with Gasteiger partial charge in [-0.05, 0) is 25.2 Å². The fourth-order valence-corrected chi connectivity index (χ4v) is 2.53. The molecule has 1 heterocycles. The average molecular weight is 277 g/mol. The summed E-state index contributed by atoms with van der Waals surface area (Å²) in [5, 5.41) is 3.38. The summed E-state index contributed by atoms with van der Waals surface area (Å²) in [5.41, 5.74) is 1.27. The molecule has 1 aliphatic rings. The van der Waals surface area contributed by atoms with Crippen LogP contribution in [0.2, 0.25) is 0 Å². The van der Waals surface area contributed by atoms with Crippen molar-refractivity contribution in [3.8, 4) is 5.75 Å². The number of nitrogens with zero attached hydrogens (tertiary/aromatic N) is 2. The summed E-state index contributed by atoms with van der Waals surface area (Å²) in [7, 11) is 0. The molecule has 0 aliphatic carbocycles. The Balaban J connectivity index is 1.85. The van der Waals surface area contributed by atoms with Crippen LogP contribution in [0.5, 0.6) is 5.75 Å². The van der Waals surface area contributed by atoms with Gasteiger partial charge in [-0.1, -0.05) is 19.9 Å². The van der Waals surface area contributed by atoms with Crippen LogP contribution >= 0.6 is 0 Å². The first-order valence-electron chi connectivity index (χ1n) is 7.74. The van der Waals surface area contributed by atoms with Gasteiger partial charge in [-0.3, -0.25) is 0 Å². The van der Waals surface area contributed by atoms with Crippen LogP contribution in [0.1, 0.15) is 13.8 Å². The van der Waals surface area contributed by atoms with Gasteiger partial charge < -0.3 is 19.9 Å². The van der Waals surface area contributed by atoms with Crippen molar-refractivity contribution in [2.45, 2.75) is 13.8 Å². The van der Waals surface area contributed by atoms with Crippen LogP contribution < -0.4 is 15.0 Å². The quantitative estimate of drug-likeness (QED) is 0.823. The van der Waals surface area contributed by atoms with Gasteiger partial charge in [-0.2, -0.15) is 0 Å². The van der Waals surface area contributed by atoms with Gasteiger partial charge in [0.25, 0.3) is 0 Å². The molecule has 1 N–H and O–H groups in total. The molecule has 0 spiro atoms. The van der Waals surface area contributed by atoms with Gasteiger partial charge in [-0.15, -0.1) is 0 Å². The minimum atomic E-state index is 0.757. The van der Waals surface area contributed by atoms with Crippen molar-refractivity contribution in [2.75, 3.05) is 57.3 Å². The number of rotatable bonds is 7. The molecule has 1 saturated heterocycles. The van der Waals surface area contributed by atoms with Crippen molar-refractivity contribution in [3.05, 3.63) is 24.3 Å². The van der Waals surface area contributed by atoms with E-state index in [0.29, 0.717) is 0 Å². The number of hydrogen-bond donors (Lipinski definition) is 1. The van der Waals surface area contributed by atoms with Crippen molar-refractivity contribution < 1.29 is 4.74 Å². The van der Waals surface area contributed by atoms with E-state index < -0.39 is 0 Å². The number of anilines is 1. The Kier molecular flexibility index (Phi) is 6.15. The maximum atomic E-state index is 5.89. The van der Waals surface area contributed by atoms with Crippen LogP contribution in [0.15, 0.2) is 24.3 Å². The Labute approximate surface area is 122 Å². The van der Waals surface area contributed by atoms with E-state index in [4.69, 9.17) is 4.74 Å². The average Bonchev–Trinajstić information content (AvgIpc) is 2.53. The van der Waals surface area contributed by atoms with E-state index in [0.717, 1.165) is 58.2 Å². The normalized spacial score (nSPS) is 15.7. The summed E-state index contributed by atoms with van der Waals surface area (Å²) in [6, 6.07) is 8.47. The maximum Gasteiger partial charge on any atom is 0.121 e. The second kappa shape index (κ2) is 8.12. The molecule has 20 heavy (non-hydrogen) atoms. The molecule has 0 saturated carbocycles. The molecule has 2 rings (SSSR count). The minimum Gasteiger partial charge on any atom is -0.492 e. The van der Waals surface area contributed by atoms with Gasteiger partial charge in [0.15, 0.2) is 0 Å². The third-order valence-electron chi connectivity index (χ3n) is 3.87. The van der Waals surface area contributed by atoms with E-state index in [2.05, 4.69) is 47.2 Å². The highest BCUT2D eigenvalue weighted by Crippen LogP contribution is 2.21. The van der Waals surface area contributed by atoms with E-state index in [9.17, 15) is 0 Å². The van der Waals surface area contributed by atoms with Gasteiger partial charge >= 0.3 is 0 Å². The van der Waals surface area contributed by atoms with E-state index in [-0.39, 0.29) is 0 Å². The molecule has 1 aliphatic heterocycles. The predicted octanol–water partition coefficient (Wildman–Crippen LogP) is 1.82. The molecule has 1 aromatic rings. The summed E-state index contributed by atoms with van der Waals surface area (Å²) < 4.78 is 5.89. The maximum absolute atomic E-state index is 5.89. The van der Waals surface area contributed by atoms with Crippen LogP contribution in [0, 0.1) is 0 Å². The first kappa shape index (κ1) is 15.1. The molecule has 0 atom stereocenters. The van der Waals surface area contributed by atoms with Crippen LogP contribution in [0.3, 0.4) is 0 Å². The lowest BCUT2D eigenvalue weighted by Crippen LogP contribution is -2.43. The molecular weight excluding hydrogens is 250 g/mol. The second-order valence-corrected chi connectivity index (χ2v) is 5.11. The number of benzene rings is 1. The molecule has 0 unspecified atom stereocenters. The summed E-state index contributed by atoms with van der Waals surface area (Å²) in [4.78, 5) is 4.79. The summed E-state index contributed by atoms with van der Waals surface area (Å²) in [6.07, 6.45) is 0. The topological polar surface area (TPSA) is 27.7 Å². The highest BCUT2D eigenvalue weighted by Gasteiger charge is 2.10. The number of ether oxygens (including phenoxy) is 1. The highest BCUT2D eigenvalue weighted by molar-refractivity contribution is 5.51. The number of nitrogens with one attached hydrogen (secondary N) is 1. The standard InChI is InChI=1S/C16H27N3O/c1-3-18(4-2)12-13-20-16-7-5-6-15(14-16)19-10-8-17-9-11-19/h5-7,14,17H,3-4,8-13H2,1-2H3. The zero-order valence-corrected chi connectivity index (χ0v) is 12.8. The number of piperazine rings is 1.